The number of hydrogen-bond acceptors (Lipinski definition) is 3. The SMILES string of the molecule is O=C1CC2CCC(CN1)[N+]21CCS(=O)(=O)CC1.[Cl-]. The van der Waals surface area contributed by atoms with Gasteiger partial charge >= 0.3 is 0 Å². The number of carbonyl (C=O) groups is 1. The maximum Gasteiger partial charge on any atom is 0.226 e. The Labute approximate surface area is 114 Å². The molecule has 3 aliphatic rings. The molecule has 0 aromatic heterocycles. The van der Waals surface area contributed by atoms with Crippen LogP contribution in [0.25, 0.3) is 0 Å². The second kappa shape index (κ2) is 4.65. The van der Waals surface area contributed by atoms with E-state index in [-0.39, 0.29) is 18.3 Å². The quantitative estimate of drug-likeness (QED) is 0.468. The predicted octanol–water partition coefficient (Wildman–Crippen LogP) is -3.71. The highest BCUT2D eigenvalue weighted by Crippen LogP contribution is 2.38. The summed E-state index contributed by atoms with van der Waals surface area (Å²) < 4.78 is 24.0. The van der Waals surface area contributed by atoms with Gasteiger partial charge in [0.1, 0.15) is 6.04 Å². The van der Waals surface area contributed by atoms with E-state index in [1.54, 1.807) is 0 Å². The van der Waals surface area contributed by atoms with Crippen molar-refractivity contribution in [3.8, 4) is 0 Å². The van der Waals surface area contributed by atoms with Crippen LogP contribution < -0.4 is 17.7 Å². The second-order valence-electron chi connectivity index (χ2n) is 5.60. The maximum absolute atomic E-state index is 11.6. The number of hydrogen-bond donors (Lipinski definition) is 1. The van der Waals surface area contributed by atoms with Crippen molar-refractivity contribution in [2.75, 3.05) is 31.1 Å². The van der Waals surface area contributed by atoms with Crippen LogP contribution in [-0.4, -0.2) is 62.0 Å². The van der Waals surface area contributed by atoms with Gasteiger partial charge in [-0.1, -0.05) is 0 Å². The largest absolute Gasteiger partial charge is 1.00 e. The van der Waals surface area contributed by atoms with Crippen LogP contribution in [0.2, 0.25) is 0 Å². The summed E-state index contributed by atoms with van der Waals surface area (Å²) in [7, 11) is -2.82. The van der Waals surface area contributed by atoms with Crippen LogP contribution in [0.15, 0.2) is 0 Å². The van der Waals surface area contributed by atoms with Gasteiger partial charge in [0, 0.05) is 12.8 Å². The van der Waals surface area contributed by atoms with Crippen LogP contribution >= 0.6 is 0 Å². The summed E-state index contributed by atoms with van der Waals surface area (Å²) in [6, 6.07) is 0.806. The van der Waals surface area contributed by atoms with E-state index in [1.165, 1.54) is 0 Å². The molecule has 3 rings (SSSR count). The molecule has 18 heavy (non-hydrogen) atoms. The molecule has 0 aliphatic carbocycles. The van der Waals surface area contributed by atoms with Crippen molar-refractivity contribution in [1.82, 2.24) is 5.32 Å². The highest BCUT2D eigenvalue weighted by Gasteiger charge is 2.53. The van der Waals surface area contributed by atoms with E-state index in [9.17, 15) is 13.2 Å². The van der Waals surface area contributed by atoms with Gasteiger partial charge in [0.15, 0.2) is 9.84 Å². The normalized spacial score (nSPS) is 36.6. The topological polar surface area (TPSA) is 63.2 Å². The predicted molar refractivity (Wildman–Crippen MR) is 63.1 cm³/mol. The molecule has 0 aromatic rings. The second-order valence-corrected chi connectivity index (χ2v) is 7.90. The zero-order valence-corrected chi connectivity index (χ0v) is 11.8. The maximum atomic E-state index is 11.6. The summed E-state index contributed by atoms with van der Waals surface area (Å²) in [6.45, 7) is 2.16. The van der Waals surface area contributed by atoms with Crippen LogP contribution in [0, 0.1) is 0 Å². The van der Waals surface area contributed by atoms with Crippen molar-refractivity contribution < 1.29 is 30.1 Å². The van der Waals surface area contributed by atoms with E-state index in [0.29, 0.717) is 43.1 Å². The molecule has 5 nitrogen and oxygen atoms in total. The Bertz CT molecular complexity index is 437. The molecule has 3 heterocycles. The van der Waals surface area contributed by atoms with Crippen molar-refractivity contribution in [3.63, 3.8) is 0 Å². The number of nitrogens with one attached hydrogen (secondary N) is 1. The van der Waals surface area contributed by atoms with E-state index in [0.717, 1.165) is 23.9 Å². The molecule has 1 N–H and O–H groups in total. The van der Waals surface area contributed by atoms with Gasteiger partial charge in [0.25, 0.3) is 0 Å². The summed E-state index contributed by atoms with van der Waals surface area (Å²) in [6.07, 6.45) is 2.79. The molecule has 2 bridgehead atoms. The number of halogens is 1. The van der Waals surface area contributed by atoms with Gasteiger partial charge in [-0.05, 0) is 0 Å². The first-order valence-corrected chi connectivity index (χ1v) is 8.18. The molecule has 2 atom stereocenters. The van der Waals surface area contributed by atoms with Crippen LogP contribution in [0.3, 0.4) is 0 Å². The third kappa shape index (κ3) is 2.14. The summed E-state index contributed by atoms with van der Waals surface area (Å²) >= 11 is 0. The minimum absolute atomic E-state index is 0. The molecule has 104 valence electrons. The molecule has 0 saturated carbocycles. The Balaban J connectivity index is 0.00000120. The highest BCUT2D eigenvalue weighted by molar-refractivity contribution is 7.91. The summed E-state index contributed by atoms with van der Waals surface area (Å²) in [4.78, 5) is 11.6. The first kappa shape index (κ1) is 14.1. The zero-order chi connectivity index (χ0) is 12.1. The Morgan fingerprint density at radius 2 is 1.72 bits per heavy atom. The summed E-state index contributed by atoms with van der Waals surface area (Å²) in [5.74, 6) is 0.741. The van der Waals surface area contributed by atoms with Crippen molar-refractivity contribution in [3.05, 3.63) is 0 Å². The van der Waals surface area contributed by atoms with Crippen molar-refractivity contribution in [2.45, 2.75) is 31.3 Å². The fourth-order valence-corrected chi connectivity index (χ4v) is 5.29. The van der Waals surface area contributed by atoms with E-state index in [2.05, 4.69) is 5.32 Å². The van der Waals surface area contributed by atoms with Gasteiger partial charge < -0.3 is 22.2 Å². The number of nitrogens with zero attached hydrogens (tertiary/aromatic N) is 1. The first-order valence-electron chi connectivity index (χ1n) is 6.35. The van der Waals surface area contributed by atoms with Crippen LogP contribution in [0.1, 0.15) is 19.3 Å². The first-order chi connectivity index (χ1) is 8.02. The lowest BCUT2D eigenvalue weighted by atomic mass is 10.1. The number of amides is 1. The lowest BCUT2D eigenvalue weighted by Gasteiger charge is -2.45. The Hall–Kier alpha value is -0.330. The molecule has 0 aromatic carbocycles. The van der Waals surface area contributed by atoms with Gasteiger partial charge in [-0.2, -0.15) is 0 Å². The molecule has 1 amide bonds. The molecular weight excluding hydrogens is 276 g/mol. The Morgan fingerprint density at radius 1 is 1.11 bits per heavy atom. The Kier molecular flexibility index (Phi) is 3.64. The fraction of sp³-hybridized carbons (Fsp3) is 0.909. The molecule has 2 unspecified atom stereocenters. The van der Waals surface area contributed by atoms with Gasteiger partial charge in [-0.25, -0.2) is 8.42 Å². The molecule has 3 fully saturated rings. The smallest absolute Gasteiger partial charge is 0.226 e. The van der Waals surface area contributed by atoms with Crippen LogP contribution in [0.5, 0.6) is 0 Å². The number of sulfone groups is 1. The van der Waals surface area contributed by atoms with Gasteiger partial charge in [-0.15, -0.1) is 0 Å². The van der Waals surface area contributed by atoms with E-state index >= 15 is 0 Å². The molecule has 3 saturated heterocycles. The summed E-state index contributed by atoms with van der Waals surface area (Å²) in [5.41, 5.74) is 0. The van der Waals surface area contributed by atoms with E-state index < -0.39 is 9.84 Å². The lowest BCUT2D eigenvalue weighted by molar-refractivity contribution is -0.955. The fourth-order valence-electron chi connectivity index (χ4n) is 3.84. The Morgan fingerprint density at radius 3 is 2.39 bits per heavy atom. The third-order valence-corrected chi connectivity index (χ3v) is 6.49. The molecular formula is C11H19ClN2O3S. The van der Waals surface area contributed by atoms with Crippen molar-refractivity contribution >= 4 is 15.7 Å². The monoisotopic (exact) mass is 294 g/mol. The number of quaternary nitrogens is 1. The standard InChI is InChI=1S/C11H18N2O3S.ClH/c14-11-7-9-1-2-10(8-12-11)13(9)3-5-17(15,16)6-4-13;/h9-10H,1-8H2;1H. The molecule has 3 aliphatic heterocycles. The third-order valence-electron chi connectivity index (χ3n) is 4.88. The summed E-state index contributed by atoms with van der Waals surface area (Å²) in [5, 5.41) is 2.96. The van der Waals surface area contributed by atoms with Gasteiger partial charge in [-0.3, -0.25) is 4.79 Å². The van der Waals surface area contributed by atoms with Crippen LogP contribution in [0.4, 0.5) is 0 Å². The van der Waals surface area contributed by atoms with E-state index in [1.807, 2.05) is 0 Å². The van der Waals surface area contributed by atoms with Crippen molar-refractivity contribution in [2.24, 2.45) is 0 Å². The van der Waals surface area contributed by atoms with Gasteiger partial charge in [0.05, 0.1) is 43.6 Å². The number of rotatable bonds is 0. The van der Waals surface area contributed by atoms with Crippen molar-refractivity contribution in [1.29, 1.82) is 0 Å². The molecule has 0 radical (unpaired) electrons. The van der Waals surface area contributed by atoms with E-state index in [4.69, 9.17) is 0 Å². The number of carbonyl (C=O) groups excluding carboxylic acids is 1. The molecule has 1 spiro atoms. The minimum Gasteiger partial charge on any atom is -1.00 e. The minimum atomic E-state index is -2.82. The zero-order valence-electron chi connectivity index (χ0n) is 10.3. The van der Waals surface area contributed by atoms with Gasteiger partial charge in [0.2, 0.25) is 5.91 Å². The van der Waals surface area contributed by atoms with Crippen LogP contribution in [-0.2, 0) is 14.6 Å². The average molecular weight is 295 g/mol. The highest BCUT2D eigenvalue weighted by atomic mass is 35.5. The lowest BCUT2D eigenvalue weighted by Crippen LogP contribution is -3.00. The average Bonchev–Trinajstić information content (AvgIpc) is 2.51. The molecule has 7 heteroatoms.